The second-order valence-corrected chi connectivity index (χ2v) is 3.15. The van der Waals surface area contributed by atoms with Crippen LogP contribution in [-0.4, -0.2) is 11.3 Å². The highest BCUT2D eigenvalue weighted by atomic mass is 19.4. The van der Waals surface area contributed by atoms with E-state index < -0.39 is 41.7 Å². The molecule has 1 rings (SSSR count). The predicted octanol–water partition coefficient (Wildman–Crippen LogP) is 3.52. The number of halogens is 8. The van der Waals surface area contributed by atoms with E-state index in [-0.39, 0.29) is 6.20 Å². The van der Waals surface area contributed by atoms with Crippen molar-refractivity contribution in [1.29, 1.82) is 0 Å². The van der Waals surface area contributed by atoms with Gasteiger partial charge < -0.3 is 10.5 Å². The molecule has 0 spiro atoms. The van der Waals surface area contributed by atoms with Crippen molar-refractivity contribution >= 4 is 5.82 Å². The highest BCUT2D eigenvalue weighted by Crippen LogP contribution is 2.45. The maximum absolute atomic E-state index is 12.5. The minimum absolute atomic E-state index is 0.0936. The van der Waals surface area contributed by atoms with Crippen molar-refractivity contribution in [3.63, 3.8) is 0 Å². The molecule has 19 heavy (non-hydrogen) atoms. The molecular weight excluding hydrogens is 292 g/mol. The number of alkyl halides is 8. The summed E-state index contributed by atoms with van der Waals surface area (Å²) < 4.78 is 101. The average molecular weight is 296 g/mol. The Kier molecular flexibility index (Phi) is 3.77. The van der Waals surface area contributed by atoms with Crippen LogP contribution >= 0.6 is 0 Å². The molecule has 11 heteroatoms. The van der Waals surface area contributed by atoms with Gasteiger partial charge in [-0.05, 0) is 0 Å². The van der Waals surface area contributed by atoms with E-state index in [9.17, 15) is 35.1 Å². The lowest BCUT2D eigenvalue weighted by Crippen LogP contribution is -2.23. The van der Waals surface area contributed by atoms with Gasteiger partial charge in [0.25, 0.3) is 6.43 Å². The van der Waals surface area contributed by atoms with Crippen molar-refractivity contribution < 1.29 is 39.9 Å². The molecule has 0 atom stereocenters. The lowest BCUT2D eigenvalue weighted by atomic mass is 10.1. The third-order valence-electron chi connectivity index (χ3n) is 1.82. The molecule has 108 valence electrons. The number of nitrogens with zero attached hydrogens (tertiary/aromatic N) is 1. The van der Waals surface area contributed by atoms with Gasteiger partial charge in [0.1, 0.15) is 11.4 Å². The van der Waals surface area contributed by atoms with Crippen molar-refractivity contribution in [1.82, 2.24) is 4.98 Å². The average Bonchev–Trinajstić information content (AvgIpc) is 2.11. The zero-order chi connectivity index (χ0) is 15.0. The molecular formula is C8H4F8N2O. The Hall–Kier alpha value is -1.81. The van der Waals surface area contributed by atoms with Crippen LogP contribution in [0.15, 0.2) is 6.20 Å². The number of rotatable bonds is 2. The number of hydrogen-bond acceptors (Lipinski definition) is 3. The molecule has 0 radical (unpaired) electrons. The van der Waals surface area contributed by atoms with Crippen LogP contribution in [-0.2, 0) is 6.18 Å². The molecule has 0 unspecified atom stereocenters. The molecule has 0 saturated carbocycles. The zero-order valence-electron chi connectivity index (χ0n) is 8.61. The molecule has 0 amide bonds. The van der Waals surface area contributed by atoms with Crippen molar-refractivity contribution in [2.45, 2.75) is 19.0 Å². The van der Waals surface area contributed by atoms with Crippen LogP contribution in [0.4, 0.5) is 40.9 Å². The maximum Gasteiger partial charge on any atom is 0.573 e. The summed E-state index contributed by atoms with van der Waals surface area (Å²) in [6.07, 6.45) is -14.6. The van der Waals surface area contributed by atoms with Gasteiger partial charge in [-0.15, -0.1) is 13.2 Å². The first-order chi connectivity index (χ1) is 8.43. The number of pyridine rings is 1. The van der Waals surface area contributed by atoms with Crippen molar-refractivity contribution in [2.24, 2.45) is 0 Å². The molecule has 0 bridgehead atoms. The van der Waals surface area contributed by atoms with Gasteiger partial charge in [-0.2, -0.15) is 13.2 Å². The molecule has 0 aliphatic heterocycles. The highest BCUT2D eigenvalue weighted by Gasteiger charge is 2.44. The lowest BCUT2D eigenvalue weighted by Gasteiger charge is -2.19. The number of hydrogen-bond donors (Lipinski definition) is 1. The fourth-order valence-electron chi connectivity index (χ4n) is 1.18. The largest absolute Gasteiger partial charge is 0.573 e. The molecule has 0 aliphatic carbocycles. The van der Waals surface area contributed by atoms with Gasteiger partial charge in [-0.1, -0.05) is 0 Å². The van der Waals surface area contributed by atoms with Crippen LogP contribution in [0, 0.1) is 0 Å². The van der Waals surface area contributed by atoms with Gasteiger partial charge in [0.05, 0.1) is 5.56 Å². The Morgan fingerprint density at radius 2 is 1.63 bits per heavy atom. The topological polar surface area (TPSA) is 48.1 Å². The number of anilines is 1. The number of nitrogens with two attached hydrogens (primary N) is 1. The van der Waals surface area contributed by atoms with Crippen LogP contribution in [0.1, 0.15) is 17.6 Å². The summed E-state index contributed by atoms with van der Waals surface area (Å²) in [7, 11) is 0. The minimum Gasteiger partial charge on any atom is -0.404 e. The van der Waals surface area contributed by atoms with E-state index in [4.69, 9.17) is 5.73 Å². The van der Waals surface area contributed by atoms with Gasteiger partial charge in [-0.3, -0.25) is 0 Å². The molecule has 1 aromatic heterocycles. The quantitative estimate of drug-likeness (QED) is 0.849. The van der Waals surface area contributed by atoms with Gasteiger partial charge in [0, 0.05) is 6.20 Å². The Bertz CT molecular complexity index is 467. The molecule has 0 aromatic carbocycles. The van der Waals surface area contributed by atoms with E-state index in [1.165, 1.54) is 0 Å². The van der Waals surface area contributed by atoms with Crippen molar-refractivity contribution in [2.75, 3.05) is 5.73 Å². The molecule has 0 fully saturated rings. The van der Waals surface area contributed by atoms with E-state index in [1.807, 2.05) is 0 Å². The molecule has 1 heterocycles. The Morgan fingerprint density at radius 3 is 2.00 bits per heavy atom. The standard InChI is InChI=1S/C8H4F8N2O/c9-5(10)2-1-18-6(17)3(7(11,12)13)4(2)19-8(14,15)16/h1,5H,(H2,17,18). The van der Waals surface area contributed by atoms with Crippen LogP contribution in [0.2, 0.25) is 0 Å². The molecule has 0 aliphatic rings. The first kappa shape index (κ1) is 15.2. The smallest absolute Gasteiger partial charge is 0.404 e. The van der Waals surface area contributed by atoms with Crippen LogP contribution in [0.3, 0.4) is 0 Å². The van der Waals surface area contributed by atoms with Gasteiger partial charge in [0.2, 0.25) is 0 Å². The van der Waals surface area contributed by atoms with Gasteiger partial charge in [0.15, 0.2) is 5.75 Å². The van der Waals surface area contributed by atoms with Crippen molar-refractivity contribution in [3.8, 4) is 5.75 Å². The summed E-state index contributed by atoms with van der Waals surface area (Å²) in [5.41, 5.74) is 0.926. The third kappa shape index (κ3) is 3.58. The predicted molar refractivity (Wildman–Crippen MR) is 45.3 cm³/mol. The molecule has 1 aromatic rings. The number of aromatic nitrogens is 1. The summed E-state index contributed by atoms with van der Waals surface area (Å²) in [5.74, 6) is -3.49. The minimum atomic E-state index is -5.59. The summed E-state index contributed by atoms with van der Waals surface area (Å²) in [4.78, 5) is 2.79. The zero-order valence-corrected chi connectivity index (χ0v) is 8.61. The van der Waals surface area contributed by atoms with E-state index in [2.05, 4.69) is 9.72 Å². The second-order valence-electron chi connectivity index (χ2n) is 3.15. The second kappa shape index (κ2) is 4.70. The first-order valence-electron chi connectivity index (χ1n) is 4.33. The van der Waals surface area contributed by atoms with Gasteiger partial charge >= 0.3 is 12.5 Å². The monoisotopic (exact) mass is 296 g/mol. The van der Waals surface area contributed by atoms with E-state index in [0.29, 0.717) is 0 Å². The molecule has 3 nitrogen and oxygen atoms in total. The SMILES string of the molecule is Nc1ncc(C(F)F)c(OC(F)(F)F)c1C(F)(F)F. The summed E-state index contributed by atoms with van der Waals surface area (Å²) in [6, 6.07) is 0. The Labute approximate surface area is 99.5 Å². The number of ether oxygens (including phenoxy) is 1. The maximum atomic E-state index is 12.5. The van der Waals surface area contributed by atoms with Crippen LogP contribution < -0.4 is 10.5 Å². The fraction of sp³-hybridized carbons (Fsp3) is 0.375. The Morgan fingerprint density at radius 1 is 1.11 bits per heavy atom. The van der Waals surface area contributed by atoms with E-state index in [1.54, 1.807) is 0 Å². The van der Waals surface area contributed by atoms with Gasteiger partial charge in [-0.25, -0.2) is 13.8 Å². The first-order valence-corrected chi connectivity index (χ1v) is 4.33. The van der Waals surface area contributed by atoms with E-state index in [0.717, 1.165) is 0 Å². The fourth-order valence-corrected chi connectivity index (χ4v) is 1.18. The summed E-state index contributed by atoms with van der Waals surface area (Å²) in [5, 5.41) is 0. The lowest BCUT2D eigenvalue weighted by molar-refractivity contribution is -0.276. The molecule has 0 saturated heterocycles. The van der Waals surface area contributed by atoms with Crippen molar-refractivity contribution in [3.05, 3.63) is 17.3 Å². The third-order valence-corrected chi connectivity index (χ3v) is 1.82. The summed E-state index contributed by atoms with van der Waals surface area (Å²) in [6.45, 7) is 0. The normalized spacial score (nSPS) is 12.9. The summed E-state index contributed by atoms with van der Waals surface area (Å²) >= 11 is 0. The van der Waals surface area contributed by atoms with Crippen LogP contribution in [0.25, 0.3) is 0 Å². The molecule has 2 N–H and O–H groups in total. The van der Waals surface area contributed by atoms with E-state index >= 15 is 0 Å². The number of nitrogen functional groups attached to an aromatic ring is 1. The van der Waals surface area contributed by atoms with Crippen LogP contribution in [0.5, 0.6) is 5.75 Å². The Balaban J connectivity index is 3.55. The highest BCUT2D eigenvalue weighted by molar-refractivity contribution is 5.54.